The molecule has 0 spiro atoms. The van der Waals surface area contributed by atoms with E-state index in [2.05, 4.69) is 15.3 Å². The van der Waals surface area contributed by atoms with Gasteiger partial charge in [0.25, 0.3) is 5.91 Å². The molecule has 0 saturated heterocycles. The number of ether oxygens (including phenoxy) is 1. The van der Waals surface area contributed by atoms with Gasteiger partial charge in [0.05, 0.1) is 12.4 Å². The normalized spacial score (nSPS) is 11.5. The fraction of sp³-hybridized carbons (Fsp3) is 0.400. The third-order valence-electron chi connectivity index (χ3n) is 3.09. The number of nitrogens with one attached hydrogen (secondary N) is 1. The standard InChI is InChI=1S/C15H19N3O5/c1-10(2)13(15(21)23-3)16-12(19)9-18(17-22)14(20)11-7-5-4-6-8-11/h4-8,10,13H,9H2,1-3H3,(H,16,19). The van der Waals surface area contributed by atoms with Gasteiger partial charge in [0.2, 0.25) is 5.91 Å². The largest absolute Gasteiger partial charge is 0.467 e. The van der Waals surface area contributed by atoms with Gasteiger partial charge in [-0.25, -0.2) is 4.79 Å². The van der Waals surface area contributed by atoms with Crippen molar-refractivity contribution in [3.63, 3.8) is 0 Å². The minimum absolute atomic E-state index is 0.214. The number of esters is 1. The van der Waals surface area contributed by atoms with Crippen molar-refractivity contribution < 1.29 is 19.1 Å². The molecule has 0 bridgehead atoms. The minimum atomic E-state index is -0.868. The summed E-state index contributed by atoms with van der Waals surface area (Å²) in [5, 5.41) is 5.51. The summed E-state index contributed by atoms with van der Waals surface area (Å²) in [6, 6.07) is 7.11. The Hall–Kier alpha value is -2.77. The summed E-state index contributed by atoms with van der Waals surface area (Å²) in [5.41, 5.74) is 0.230. The highest BCUT2D eigenvalue weighted by atomic mass is 16.5. The molecule has 0 fully saturated rings. The number of hydrogen-bond donors (Lipinski definition) is 1. The van der Waals surface area contributed by atoms with Crippen LogP contribution < -0.4 is 5.32 Å². The quantitative estimate of drug-likeness (QED) is 0.460. The Bertz CT molecular complexity index is 574. The molecule has 0 aromatic heterocycles. The van der Waals surface area contributed by atoms with E-state index >= 15 is 0 Å². The Labute approximate surface area is 133 Å². The first-order chi connectivity index (χ1) is 10.9. The lowest BCUT2D eigenvalue weighted by Crippen LogP contribution is -2.48. The van der Waals surface area contributed by atoms with Crippen LogP contribution in [0.1, 0.15) is 24.2 Å². The lowest BCUT2D eigenvalue weighted by molar-refractivity contribution is -0.146. The van der Waals surface area contributed by atoms with Crippen LogP contribution in [-0.2, 0) is 14.3 Å². The molecule has 1 rings (SSSR count). The van der Waals surface area contributed by atoms with Gasteiger partial charge < -0.3 is 10.1 Å². The molecule has 23 heavy (non-hydrogen) atoms. The Kier molecular flexibility index (Phi) is 6.85. The number of carbonyl (C=O) groups is 3. The van der Waals surface area contributed by atoms with Crippen LogP contribution in [0.2, 0.25) is 0 Å². The second-order valence-corrected chi connectivity index (χ2v) is 5.12. The van der Waals surface area contributed by atoms with Crippen molar-refractivity contribution in [2.75, 3.05) is 13.7 Å². The molecule has 2 amide bonds. The average Bonchev–Trinajstić information content (AvgIpc) is 2.56. The van der Waals surface area contributed by atoms with E-state index in [4.69, 9.17) is 0 Å². The molecule has 124 valence electrons. The number of benzene rings is 1. The zero-order valence-electron chi connectivity index (χ0n) is 13.2. The zero-order valence-corrected chi connectivity index (χ0v) is 13.2. The van der Waals surface area contributed by atoms with Crippen molar-refractivity contribution in [1.29, 1.82) is 0 Å². The second kappa shape index (κ2) is 8.62. The highest BCUT2D eigenvalue weighted by Crippen LogP contribution is 2.07. The lowest BCUT2D eigenvalue weighted by atomic mass is 10.0. The van der Waals surface area contributed by atoms with Crippen molar-refractivity contribution in [1.82, 2.24) is 10.3 Å². The third-order valence-corrected chi connectivity index (χ3v) is 3.09. The van der Waals surface area contributed by atoms with E-state index in [1.54, 1.807) is 32.0 Å². The first-order valence-corrected chi connectivity index (χ1v) is 6.98. The first-order valence-electron chi connectivity index (χ1n) is 6.98. The molecular weight excluding hydrogens is 302 g/mol. The molecule has 0 aliphatic heterocycles. The van der Waals surface area contributed by atoms with E-state index < -0.39 is 30.4 Å². The summed E-state index contributed by atoms with van der Waals surface area (Å²) < 4.78 is 4.60. The van der Waals surface area contributed by atoms with Crippen LogP contribution in [-0.4, -0.2) is 42.5 Å². The minimum Gasteiger partial charge on any atom is -0.467 e. The van der Waals surface area contributed by atoms with E-state index in [1.165, 1.54) is 19.2 Å². The van der Waals surface area contributed by atoms with Gasteiger partial charge in [-0.3, -0.25) is 9.59 Å². The highest BCUT2D eigenvalue weighted by Gasteiger charge is 2.27. The topological polar surface area (TPSA) is 105 Å². The maximum absolute atomic E-state index is 12.1. The third kappa shape index (κ3) is 5.17. The summed E-state index contributed by atoms with van der Waals surface area (Å²) in [6.45, 7) is 2.87. The van der Waals surface area contributed by atoms with E-state index in [0.717, 1.165) is 0 Å². The smallest absolute Gasteiger partial charge is 0.328 e. The van der Waals surface area contributed by atoms with Crippen LogP contribution >= 0.6 is 0 Å². The Morgan fingerprint density at radius 3 is 2.30 bits per heavy atom. The number of amides is 2. The molecule has 0 aliphatic carbocycles. The van der Waals surface area contributed by atoms with Crippen LogP contribution in [0, 0.1) is 10.8 Å². The number of methoxy groups -OCH3 is 1. The average molecular weight is 321 g/mol. The van der Waals surface area contributed by atoms with Gasteiger partial charge in [0.15, 0.2) is 0 Å². The number of rotatable bonds is 7. The Balaban J connectivity index is 2.75. The van der Waals surface area contributed by atoms with Crippen molar-refractivity contribution in [3.05, 3.63) is 40.8 Å². The van der Waals surface area contributed by atoms with E-state index in [1.807, 2.05) is 0 Å². The van der Waals surface area contributed by atoms with Crippen LogP contribution in [0.4, 0.5) is 0 Å². The fourth-order valence-electron chi connectivity index (χ4n) is 1.85. The number of nitrogens with zero attached hydrogens (tertiary/aromatic N) is 2. The molecule has 1 aromatic rings. The molecule has 1 unspecified atom stereocenters. The summed E-state index contributed by atoms with van der Waals surface area (Å²) in [5.74, 6) is -2.20. The van der Waals surface area contributed by atoms with Gasteiger partial charge in [-0.2, -0.15) is 5.01 Å². The van der Waals surface area contributed by atoms with E-state index in [0.29, 0.717) is 5.01 Å². The van der Waals surface area contributed by atoms with Crippen LogP contribution in [0.3, 0.4) is 0 Å². The van der Waals surface area contributed by atoms with Crippen LogP contribution in [0.25, 0.3) is 0 Å². The van der Waals surface area contributed by atoms with Gasteiger partial charge in [-0.1, -0.05) is 32.0 Å². The molecule has 8 nitrogen and oxygen atoms in total. The molecule has 1 atom stereocenters. The van der Waals surface area contributed by atoms with Crippen molar-refractivity contribution >= 4 is 17.8 Å². The van der Waals surface area contributed by atoms with E-state index in [9.17, 15) is 19.3 Å². The lowest BCUT2D eigenvalue weighted by Gasteiger charge is -2.21. The Morgan fingerprint density at radius 1 is 1.22 bits per heavy atom. The molecule has 1 N–H and O–H groups in total. The SMILES string of the molecule is COC(=O)C(NC(=O)CN(N=O)C(=O)c1ccccc1)C(C)C. The molecule has 0 saturated carbocycles. The highest BCUT2D eigenvalue weighted by molar-refractivity contribution is 5.96. The van der Waals surface area contributed by atoms with Crippen LogP contribution in [0.15, 0.2) is 35.6 Å². The second-order valence-electron chi connectivity index (χ2n) is 5.12. The summed E-state index contributed by atoms with van der Waals surface area (Å²) in [6.07, 6.45) is 0. The van der Waals surface area contributed by atoms with Gasteiger partial charge in [0.1, 0.15) is 12.6 Å². The number of hydrogen-bond acceptors (Lipinski definition) is 6. The van der Waals surface area contributed by atoms with Crippen molar-refractivity contribution in [2.45, 2.75) is 19.9 Å². The van der Waals surface area contributed by atoms with Gasteiger partial charge in [-0.05, 0) is 18.1 Å². The molecule has 8 heteroatoms. The maximum atomic E-state index is 12.1. The molecular formula is C15H19N3O5. The first kappa shape index (κ1) is 18.3. The molecule has 0 aliphatic rings. The Morgan fingerprint density at radius 2 is 1.83 bits per heavy atom. The fourth-order valence-corrected chi connectivity index (χ4v) is 1.85. The predicted octanol–water partition coefficient (Wildman–Crippen LogP) is 1.12. The molecule has 0 heterocycles. The van der Waals surface area contributed by atoms with Crippen molar-refractivity contribution in [3.8, 4) is 0 Å². The van der Waals surface area contributed by atoms with Crippen LogP contribution in [0.5, 0.6) is 0 Å². The molecule has 0 radical (unpaired) electrons. The summed E-state index contributed by atoms with van der Waals surface area (Å²) in [4.78, 5) is 46.5. The van der Waals surface area contributed by atoms with Gasteiger partial charge in [0, 0.05) is 5.56 Å². The summed E-state index contributed by atoms with van der Waals surface area (Å²) in [7, 11) is 1.21. The van der Waals surface area contributed by atoms with Gasteiger partial charge >= 0.3 is 5.97 Å². The van der Waals surface area contributed by atoms with E-state index in [-0.39, 0.29) is 11.5 Å². The van der Waals surface area contributed by atoms with Gasteiger partial charge in [-0.15, -0.1) is 4.91 Å². The predicted molar refractivity (Wildman–Crippen MR) is 82.1 cm³/mol. The van der Waals surface area contributed by atoms with Crippen molar-refractivity contribution in [2.24, 2.45) is 11.2 Å². The number of carbonyl (C=O) groups excluding carboxylic acids is 3. The summed E-state index contributed by atoms with van der Waals surface area (Å²) >= 11 is 0. The molecule has 1 aromatic carbocycles. The zero-order chi connectivity index (χ0) is 17.4. The monoisotopic (exact) mass is 321 g/mol. The maximum Gasteiger partial charge on any atom is 0.328 e. The number of nitroso groups, excluding NO2 is 1.